The molecule has 0 spiro atoms. The average molecular weight is 915 g/mol. The lowest BCUT2D eigenvalue weighted by Gasteiger charge is -2.44. The van der Waals surface area contributed by atoms with Crippen molar-refractivity contribution < 1.29 is 58.1 Å². The van der Waals surface area contributed by atoms with Gasteiger partial charge in [-0.05, 0) is 68.1 Å². The third kappa shape index (κ3) is 14.6. The number of aliphatic hydroxyl groups is 1. The Morgan fingerprint density at radius 3 is 2.06 bits per heavy atom. The van der Waals surface area contributed by atoms with Gasteiger partial charge in [0, 0.05) is 25.8 Å². The van der Waals surface area contributed by atoms with E-state index in [1.54, 1.807) is 67.5 Å². The van der Waals surface area contributed by atoms with E-state index < -0.39 is 126 Å². The second-order valence-corrected chi connectivity index (χ2v) is 18.3. The molecular formula is C45H70N8O12. The van der Waals surface area contributed by atoms with Crippen molar-refractivity contribution in [3.05, 3.63) is 29.8 Å². The standard InChI is InChI=1S/C45H70N8O12/c1-11-25(8)37-44(63)52(10)32(21-27-12-14-28(54)15-13-27)41(60)50-35(23(4)5)45(64)65-26(9)36(51-39(58)29(16-18-33(46)55)47-38(57)24(6)7)42(61)49-31(20-22(2)3)40(59)48-30-17-19-34(56)53(37)43(30)62/h12-15,22-26,29-32,34-37,54,56H,11,16-21H2,1-10H3,(H2,46,55)(H,47,57)(H,48,59)(H,49,61)(H,50,60)(H,51,58)/t25?,26-,29+,30?,31+,32+,34+,35+,36+,37+/m1/s1. The summed E-state index contributed by atoms with van der Waals surface area (Å²) < 4.78 is 5.84. The number of phenolic OH excluding ortho intramolecular Hbond substituents is 1. The Morgan fingerprint density at radius 2 is 1.51 bits per heavy atom. The first-order chi connectivity index (χ1) is 30.4. The van der Waals surface area contributed by atoms with Crippen LogP contribution in [0.3, 0.4) is 0 Å². The number of carbonyl (C=O) groups is 9. The molecule has 9 N–H and O–H groups in total. The molecule has 362 valence electrons. The number of phenols is 1. The fourth-order valence-corrected chi connectivity index (χ4v) is 7.70. The molecule has 2 heterocycles. The largest absolute Gasteiger partial charge is 0.508 e. The van der Waals surface area contributed by atoms with Crippen LogP contribution < -0.4 is 32.3 Å². The third-order valence-corrected chi connectivity index (χ3v) is 11.9. The Kier molecular flexibility index (Phi) is 19.7. The van der Waals surface area contributed by atoms with E-state index in [-0.39, 0.29) is 50.2 Å². The topological polar surface area (TPSA) is 296 Å². The number of benzene rings is 1. The number of rotatable bonds is 14. The first kappa shape index (κ1) is 53.5. The summed E-state index contributed by atoms with van der Waals surface area (Å²) >= 11 is 0. The van der Waals surface area contributed by atoms with Gasteiger partial charge in [0.15, 0.2) is 0 Å². The number of piperidine rings is 1. The highest BCUT2D eigenvalue weighted by Gasteiger charge is 2.47. The number of nitrogens with zero attached hydrogens (tertiary/aromatic N) is 2. The van der Waals surface area contributed by atoms with Crippen LogP contribution in [0.1, 0.15) is 106 Å². The van der Waals surface area contributed by atoms with E-state index in [1.807, 2.05) is 0 Å². The fraction of sp³-hybridized carbons (Fsp3) is 0.667. The van der Waals surface area contributed by atoms with Crippen molar-refractivity contribution in [2.75, 3.05) is 7.05 Å². The quantitative estimate of drug-likeness (QED) is 0.116. The molecule has 2 fully saturated rings. The van der Waals surface area contributed by atoms with E-state index in [0.717, 1.165) is 9.80 Å². The Morgan fingerprint density at radius 1 is 0.877 bits per heavy atom. The second-order valence-electron chi connectivity index (χ2n) is 18.3. The molecule has 65 heavy (non-hydrogen) atoms. The molecule has 8 amide bonds. The highest BCUT2D eigenvalue weighted by atomic mass is 16.5. The van der Waals surface area contributed by atoms with Crippen LogP contribution >= 0.6 is 0 Å². The molecule has 20 heteroatoms. The Bertz CT molecular complexity index is 1890. The summed E-state index contributed by atoms with van der Waals surface area (Å²) in [4.78, 5) is 127. The summed E-state index contributed by atoms with van der Waals surface area (Å²) in [5, 5.41) is 34.5. The zero-order valence-corrected chi connectivity index (χ0v) is 39.2. The van der Waals surface area contributed by atoms with Gasteiger partial charge in [0.1, 0.15) is 60.4 Å². The van der Waals surface area contributed by atoms with Gasteiger partial charge in [-0.3, -0.25) is 38.4 Å². The first-order valence-electron chi connectivity index (χ1n) is 22.4. The van der Waals surface area contributed by atoms with Crippen molar-refractivity contribution in [2.24, 2.45) is 29.4 Å². The summed E-state index contributed by atoms with van der Waals surface area (Å²) in [5.74, 6) is -9.37. The van der Waals surface area contributed by atoms with Gasteiger partial charge in [-0.15, -0.1) is 0 Å². The molecular weight excluding hydrogens is 845 g/mol. The predicted molar refractivity (Wildman–Crippen MR) is 236 cm³/mol. The van der Waals surface area contributed by atoms with Crippen LogP contribution in [0.15, 0.2) is 24.3 Å². The number of hydrogen-bond donors (Lipinski definition) is 8. The van der Waals surface area contributed by atoms with Gasteiger partial charge in [-0.1, -0.05) is 73.9 Å². The van der Waals surface area contributed by atoms with Crippen molar-refractivity contribution >= 4 is 53.2 Å². The molecule has 0 radical (unpaired) electrons. The van der Waals surface area contributed by atoms with Gasteiger partial charge in [0.05, 0.1) is 0 Å². The number of carbonyl (C=O) groups excluding carboxylic acids is 9. The molecule has 0 saturated carbocycles. The van der Waals surface area contributed by atoms with Crippen molar-refractivity contribution in [3.63, 3.8) is 0 Å². The summed E-state index contributed by atoms with van der Waals surface area (Å²) in [6, 6.07) is -3.82. The molecule has 2 aliphatic heterocycles. The van der Waals surface area contributed by atoms with Crippen molar-refractivity contribution in [3.8, 4) is 5.75 Å². The molecule has 2 aliphatic rings. The summed E-state index contributed by atoms with van der Waals surface area (Å²) in [6.45, 7) is 14.8. The molecule has 10 atom stereocenters. The number of likely N-dealkylation sites (N-methyl/N-ethyl adjacent to an activating group) is 1. The van der Waals surface area contributed by atoms with Gasteiger partial charge in [0.25, 0.3) is 0 Å². The third-order valence-electron chi connectivity index (χ3n) is 11.9. The molecule has 0 aromatic heterocycles. The van der Waals surface area contributed by atoms with Gasteiger partial charge >= 0.3 is 5.97 Å². The number of aromatic hydroxyl groups is 1. The van der Waals surface area contributed by atoms with E-state index in [9.17, 15) is 53.4 Å². The normalized spacial score (nSPS) is 26.2. The molecule has 3 rings (SSSR count). The molecule has 2 bridgehead atoms. The summed E-state index contributed by atoms with van der Waals surface area (Å²) in [5.41, 5.74) is 5.88. The van der Waals surface area contributed by atoms with Crippen LogP contribution in [-0.4, -0.2) is 135 Å². The zero-order valence-electron chi connectivity index (χ0n) is 39.2. The summed E-state index contributed by atoms with van der Waals surface area (Å²) in [6.07, 6.45) is -3.29. The number of hydrogen-bond acceptors (Lipinski definition) is 12. The van der Waals surface area contributed by atoms with Gasteiger partial charge in [-0.2, -0.15) is 0 Å². The Balaban J connectivity index is 2.24. The van der Waals surface area contributed by atoms with Crippen LogP contribution in [0, 0.1) is 23.7 Å². The van der Waals surface area contributed by atoms with Gasteiger partial charge in [-0.25, -0.2) is 4.79 Å². The number of ether oxygens (including phenoxy) is 1. The lowest BCUT2D eigenvalue weighted by molar-refractivity contribution is -0.168. The lowest BCUT2D eigenvalue weighted by atomic mass is 9.91. The Labute approximate surface area is 380 Å². The number of aliphatic hydroxyl groups excluding tert-OH is 1. The smallest absolute Gasteiger partial charge is 0.329 e. The summed E-state index contributed by atoms with van der Waals surface area (Å²) in [7, 11) is 1.37. The van der Waals surface area contributed by atoms with Crippen LogP contribution in [0.4, 0.5) is 0 Å². The SMILES string of the molecule is CCC(C)[C@H]1C(=O)N(C)[C@@H](Cc2ccc(O)cc2)C(=O)N[C@@H](C(C)C)C(=O)O[C@H](C)[C@H](NC(=O)[C@H](CCC(N)=O)NC(=O)C(C)C)C(=O)N[C@@H](CC(C)C)C(=O)NC2CC[C@H](O)N1C2=O. The number of nitrogens with two attached hydrogens (primary N) is 1. The van der Waals surface area contributed by atoms with Crippen LogP contribution in [-0.2, 0) is 54.3 Å². The minimum Gasteiger partial charge on any atom is -0.508 e. The maximum Gasteiger partial charge on any atom is 0.329 e. The highest BCUT2D eigenvalue weighted by molar-refractivity contribution is 5.98. The maximum absolute atomic E-state index is 14.8. The minimum atomic E-state index is -1.74. The van der Waals surface area contributed by atoms with Crippen molar-refractivity contribution in [1.82, 2.24) is 36.4 Å². The number of fused-ring (bicyclic) bond motifs is 2. The average Bonchev–Trinajstić information content (AvgIpc) is 3.23. The van der Waals surface area contributed by atoms with E-state index >= 15 is 0 Å². The van der Waals surface area contributed by atoms with E-state index in [0.29, 0.717) is 12.0 Å². The molecule has 2 unspecified atom stereocenters. The van der Waals surface area contributed by atoms with E-state index in [1.165, 1.54) is 26.1 Å². The number of cyclic esters (lactones) is 1. The number of esters is 1. The second kappa shape index (κ2) is 23.9. The number of primary amides is 1. The fourth-order valence-electron chi connectivity index (χ4n) is 7.70. The maximum atomic E-state index is 14.8. The number of nitrogens with one attached hydrogen (secondary N) is 5. The van der Waals surface area contributed by atoms with Crippen LogP contribution in [0.2, 0.25) is 0 Å². The first-order valence-corrected chi connectivity index (χ1v) is 22.4. The van der Waals surface area contributed by atoms with E-state index in [4.69, 9.17) is 10.5 Å². The van der Waals surface area contributed by atoms with Crippen LogP contribution in [0.25, 0.3) is 0 Å². The molecule has 1 aromatic rings. The van der Waals surface area contributed by atoms with Gasteiger partial charge < -0.3 is 57.1 Å². The highest BCUT2D eigenvalue weighted by Crippen LogP contribution is 2.28. The predicted octanol–water partition coefficient (Wildman–Crippen LogP) is 0.110. The van der Waals surface area contributed by atoms with Crippen molar-refractivity contribution in [1.29, 1.82) is 0 Å². The minimum absolute atomic E-state index is 0.0230. The molecule has 0 aliphatic carbocycles. The van der Waals surface area contributed by atoms with Crippen molar-refractivity contribution in [2.45, 2.75) is 162 Å². The van der Waals surface area contributed by atoms with Crippen LogP contribution in [0.5, 0.6) is 5.75 Å². The van der Waals surface area contributed by atoms with Gasteiger partial charge in [0.2, 0.25) is 47.3 Å². The lowest BCUT2D eigenvalue weighted by Crippen LogP contribution is -2.66. The molecule has 2 saturated heterocycles. The monoisotopic (exact) mass is 915 g/mol. The van der Waals surface area contributed by atoms with E-state index in [2.05, 4.69) is 26.6 Å². The molecule has 1 aromatic carbocycles. The molecule has 20 nitrogen and oxygen atoms in total. The Hall–Kier alpha value is -5.79. The zero-order chi connectivity index (χ0) is 49.0. The number of amides is 8.